The van der Waals surface area contributed by atoms with Gasteiger partial charge in [-0.05, 0) is 38.6 Å². The van der Waals surface area contributed by atoms with Gasteiger partial charge in [-0.2, -0.15) is 4.98 Å². The highest BCUT2D eigenvalue weighted by atomic mass is 32.2. The molecule has 2 rings (SSSR count). The van der Waals surface area contributed by atoms with Crippen molar-refractivity contribution in [1.82, 2.24) is 14.5 Å². The van der Waals surface area contributed by atoms with Crippen molar-refractivity contribution in [3.05, 3.63) is 21.7 Å². The van der Waals surface area contributed by atoms with E-state index in [0.29, 0.717) is 0 Å². The van der Waals surface area contributed by atoms with Crippen LogP contribution < -0.4 is 5.69 Å². The summed E-state index contributed by atoms with van der Waals surface area (Å²) >= 11 is 1.60. The van der Waals surface area contributed by atoms with Crippen LogP contribution in [-0.2, 0) is 19.4 Å². The molecule has 1 aromatic rings. The second-order valence-electron chi connectivity index (χ2n) is 4.86. The van der Waals surface area contributed by atoms with E-state index >= 15 is 0 Å². The number of likely N-dealkylation sites (N-methyl/N-ethyl adjacent to an activating group) is 1. The average Bonchev–Trinajstić information content (AvgIpc) is 2.90. The zero-order valence-electron chi connectivity index (χ0n) is 12.1. The van der Waals surface area contributed by atoms with Gasteiger partial charge < -0.3 is 4.90 Å². The maximum Gasteiger partial charge on any atom is 0.348 e. The predicted octanol–water partition coefficient (Wildman–Crippen LogP) is 1.80. The molecule has 0 aliphatic heterocycles. The van der Waals surface area contributed by atoms with Crippen molar-refractivity contribution in [1.29, 1.82) is 0 Å². The van der Waals surface area contributed by atoms with E-state index in [1.54, 1.807) is 11.8 Å². The Kier molecular flexibility index (Phi) is 5.05. The number of rotatable bonds is 6. The van der Waals surface area contributed by atoms with Gasteiger partial charge in [-0.15, -0.1) is 11.8 Å². The molecule has 4 nitrogen and oxygen atoms in total. The van der Waals surface area contributed by atoms with Crippen LogP contribution in [0.5, 0.6) is 0 Å². The summed E-state index contributed by atoms with van der Waals surface area (Å²) in [5, 5.41) is 0.941. The minimum absolute atomic E-state index is 0.0721. The Bertz CT molecular complexity index is 494. The molecule has 0 unspecified atom stereocenters. The van der Waals surface area contributed by atoms with E-state index in [-0.39, 0.29) is 5.69 Å². The molecule has 0 aromatic carbocycles. The van der Waals surface area contributed by atoms with Crippen molar-refractivity contribution in [3.8, 4) is 0 Å². The second-order valence-corrected chi connectivity index (χ2v) is 5.66. The SMILES string of the molecule is CCN(CC)CCn1c2c(c(SC)nc1=O)CCC2. The van der Waals surface area contributed by atoms with Gasteiger partial charge in [0.2, 0.25) is 0 Å². The van der Waals surface area contributed by atoms with Crippen molar-refractivity contribution >= 4 is 11.8 Å². The molecule has 19 heavy (non-hydrogen) atoms. The normalized spacial score (nSPS) is 14.1. The van der Waals surface area contributed by atoms with Crippen LogP contribution in [0.2, 0.25) is 0 Å². The van der Waals surface area contributed by atoms with Gasteiger partial charge in [-0.3, -0.25) is 4.57 Å². The monoisotopic (exact) mass is 281 g/mol. The molecule has 106 valence electrons. The number of hydrogen-bond donors (Lipinski definition) is 0. The van der Waals surface area contributed by atoms with Crippen LogP contribution in [0.4, 0.5) is 0 Å². The number of thioether (sulfide) groups is 1. The quantitative estimate of drug-likeness (QED) is 0.589. The van der Waals surface area contributed by atoms with Gasteiger partial charge in [0, 0.05) is 24.3 Å². The number of hydrogen-bond acceptors (Lipinski definition) is 4. The van der Waals surface area contributed by atoms with E-state index in [1.165, 1.54) is 11.3 Å². The molecule has 0 saturated heterocycles. The first-order valence-corrected chi connectivity index (χ1v) is 8.32. The average molecular weight is 281 g/mol. The Balaban J connectivity index is 2.26. The molecule has 0 N–H and O–H groups in total. The highest BCUT2D eigenvalue weighted by Crippen LogP contribution is 2.27. The van der Waals surface area contributed by atoms with E-state index < -0.39 is 0 Å². The van der Waals surface area contributed by atoms with Crippen molar-refractivity contribution in [2.45, 2.75) is 44.7 Å². The molecule has 0 spiro atoms. The molecular weight excluding hydrogens is 258 g/mol. The summed E-state index contributed by atoms with van der Waals surface area (Å²) in [6, 6.07) is 0. The fraction of sp³-hybridized carbons (Fsp3) is 0.714. The second kappa shape index (κ2) is 6.57. The lowest BCUT2D eigenvalue weighted by atomic mass is 10.2. The molecule has 1 heterocycles. The molecule has 0 bridgehead atoms. The van der Waals surface area contributed by atoms with Crippen molar-refractivity contribution < 1.29 is 0 Å². The summed E-state index contributed by atoms with van der Waals surface area (Å²) in [7, 11) is 0. The minimum Gasteiger partial charge on any atom is -0.302 e. The zero-order valence-corrected chi connectivity index (χ0v) is 12.9. The van der Waals surface area contributed by atoms with Gasteiger partial charge in [0.15, 0.2) is 0 Å². The van der Waals surface area contributed by atoms with Gasteiger partial charge in [-0.25, -0.2) is 4.79 Å². The van der Waals surface area contributed by atoms with Crippen LogP contribution in [0.25, 0.3) is 0 Å². The number of fused-ring (bicyclic) bond motifs is 1. The lowest BCUT2D eigenvalue weighted by Gasteiger charge is -2.20. The smallest absolute Gasteiger partial charge is 0.302 e. The highest BCUT2D eigenvalue weighted by molar-refractivity contribution is 7.98. The summed E-state index contributed by atoms with van der Waals surface area (Å²) in [4.78, 5) is 18.8. The Hall–Kier alpha value is -0.810. The molecule has 1 aliphatic rings. The molecule has 0 radical (unpaired) electrons. The number of nitrogens with zero attached hydrogens (tertiary/aromatic N) is 3. The Labute approximate surface area is 119 Å². The summed E-state index contributed by atoms with van der Waals surface area (Å²) < 4.78 is 1.90. The lowest BCUT2D eigenvalue weighted by molar-refractivity contribution is 0.286. The van der Waals surface area contributed by atoms with Gasteiger partial charge in [-0.1, -0.05) is 13.8 Å². The van der Waals surface area contributed by atoms with E-state index in [0.717, 1.165) is 50.5 Å². The standard InChI is InChI=1S/C14H23N3OS/c1-4-16(5-2)9-10-17-12-8-6-7-11(12)13(19-3)15-14(17)18/h4-10H2,1-3H3. The van der Waals surface area contributed by atoms with Crippen molar-refractivity contribution in [2.24, 2.45) is 0 Å². The van der Waals surface area contributed by atoms with Crippen LogP contribution in [-0.4, -0.2) is 40.3 Å². The first-order valence-electron chi connectivity index (χ1n) is 7.10. The fourth-order valence-electron chi connectivity index (χ4n) is 2.77. The van der Waals surface area contributed by atoms with E-state index in [4.69, 9.17) is 0 Å². The van der Waals surface area contributed by atoms with Crippen LogP contribution in [0, 0.1) is 0 Å². The van der Waals surface area contributed by atoms with Crippen molar-refractivity contribution in [2.75, 3.05) is 25.9 Å². The Morgan fingerprint density at radius 3 is 2.68 bits per heavy atom. The van der Waals surface area contributed by atoms with E-state index in [9.17, 15) is 4.79 Å². The maximum atomic E-state index is 12.2. The summed E-state index contributed by atoms with van der Waals surface area (Å²) in [5.41, 5.74) is 2.47. The lowest BCUT2D eigenvalue weighted by Crippen LogP contribution is -2.33. The summed E-state index contributed by atoms with van der Waals surface area (Å²) in [5.74, 6) is 0. The first-order chi connectivity index (χ1) is 9.21. The van der Waals surface area contributed by atoms with Crippen LogP contribution in [0.1, 0.15) is 31.5 Å². The van der Waals surface area contributed by atoms with Crippen LogP contribution >= 0.6 is 11.8 Å². The maximum absolute atomic E-state index is 12.2. The molecular formula is C14H23N3OS. The molecule has 1 aliphatic carbocycles. The molecule has 0 fully saturated rings. The van der Waals surface area contributed by atoms with Gasteiger partial charge in [0.1, 0.15) is 5.03 Å². The third-order valence-electron chi connectivity index (χ3n) is 3.93. The third-order valence-corrected chi connectivity index (χ3v) is 4.65. The Morgan fingerprint density at radius 2 is 2.05 bits per heavy atom. The topological polar surface area (TPSA) is 38.1 Å². The van der Waals surface area contributed by atoms with E-state index in [1.807, 2.05) is 10.8 Å². The largest absolute Gasteiger partial charge is 0.348 e. The third kappa shape index (κ3) is 3.03. The summed E-state index contributed by atoms with van der Waals surface area (Å²) in [6.45, 7) is 8.08. The molecule has 0 atom stereocenters. The van der Waals surface area contributed by atoms with Gasteiger partial charge >= 0.3 is 5.69 Å². The Morgan fingerprint density at radius 1 is 1.32 bits per heavy atom. The van der Waals surface area contributed by atoms with Gasteiger partial charge in [0.25, 0.3) is 0 Å². The zero-order chi connectivity index (χ0) is 13.8. The molecule has 0 saturated carbocycles. The van der Waals surface area contributed by atoms with E-state index in [2.05, 4.69) is 23.7 Å². The molecule has 1 aromatic heterocycles. The number of aromatic nitrogens is 2. The molecule has 0 amide bonds. The minimum atomic E-state index is -0.0721. The highest BCUT2D eigenvalue weighted by Gasteiger charge is 2.21. The summed E-state index contributed by atoms with van der Waals surface area (Å²) in [6.07, 6.45) is 5.25. The fourth-order valence-corrected chi connectivity index (χ4v) is 3.40. The van der Waals surface area contributed by atoms with Crippen LogP contribution in [0.3, 0.4) is 0 Å². The first kappa shape index (κ1) is 14.6. The van der Waals surface area contributed by atoms with Crippen LogP contribution in [0.15, 0.2) is 9.82 Å². The predicted molar refractivity (Wildman–Crippen MR) is 80.1 cm³/mol. The van der Waals surface area contributed by atoms with Crippen molar-refractivity contribution in [3.63, 3.8) is 0 Å². The molecule has 5 heteroatoms. The van der Waals surface area contributed by atoms with Gasteiger partial charge in [0.05, 0.1) is 0 Å².